The molecule has 0 N–H and O–H groups in total. The minimum absolute atomic E-state index is 0.132. The third-order valence-corrected chi connectivity index (χ3v) is 3.61. The molecule has 0 radical (unpaired) electrons. The largest absolute Gasteiger partial charge is 0.251 e. The molecular formula is C15H31FS. The maximum Gasteiger partial charge on any atom is 0.0894 e. The average Bonchev–Trinajstić information content (AvgIpc) is 2.35. The lowest BCUT2D eigenvalue weighted by Crippen LogP contribution is -1.83. The van der Waals surface area contributed by atoms with Gasteiger partial charge in [-0.1, -0.05) is 70.6 Å². The van der Waals surface area contributed by atoms with Crippen molar-refractivity contribution >= 4 is 12.6 Å². The van der Waals surface area contributed by atoms with Crippen molar-refractivity contribution in [2.75, 3.05) is 12.4 Å². The van der Waals surface area contributed by atoms with Crippen LogP contribution in [0.4, 0.5) is 4.39 Å². The molecule has 104 valence electrons. The molecule has 17 heavy (non-hydrogen) atoms. The number of hydrogen-bond acceptors (Lipinski definition) is 1. The van der Waals surface area contributed by atoms with Crippen LogP contribution in [0.25, 0.3) is 0 Å². The Labute approximate surface area is 113 Å². The Morgan fingerprint density at radius 1 is 0.471 bits per heavy atom. The summed E-state index contributed by atoms with van der Waals surface area (Å²) in [5.74, 6) is 1.04. The Morgan fingerprint density at radius 3 is 1.06 bits per heavy atom. The lowest BCUT2D eigenvalue weighted by atomic mass is 10.0. The van der Waals surface area contributed by atoms with E-state index >= 15 is 0 Å². The van der Waals surface area contributed by atoms with Crippen LogP contribution in [-0.4, -0.2) is 12.4 Å². The summed E-state index contributed by atoms with van der Waals surface area (Å²) in [6, 6.07) is 0. The van der Waals surface area contributed by atoms with Crippen LogP contribution in [0, 0.1) is 0 Å². The molecule has 0 fully saturated rings. The van der Waals surface area contributed by atoms with Gasteiger partial charge >= 0.3 is 0 Å². The van der Waals surface area contributed by atoms with Gasteiger partial charge in [0.15, 0.2) is 0 Å². The molecule has 2 heteroatoms. The molecule has 0 aromatic carbocycles. The van der Waals surface area contributed by atoms with E-state index in [1.807, 2.05) is 0 Å². The maximum absolute atomic E-state index is 11.8. The van der Waals surface area contributed by atoms with Crippen LogP contribution in [0.1, 0.15) is 83.5 Å². The van der Waals surface area contributed by atoms with Crippen LogP contribution in [0.15, 0.2) is 0 Å². The van der Waals surface area contributed by atoms with Crippen molar-refractivity contribution in [1.29, 1.82) is 0 Å². The topological polar surface area (TPSA) is 0 Å². The fourth-order valence-electron chi connectivity index (χ4n) is 2.15. The van der Waals surface area contributed by atoms with Gasteiger partial charge < -0.3 is 0 Å². The van der Waals surface area contributed by atoms with E-state index in [1.165, 1.54) is 70.6 Å². The van der Waals surface area contributed by atoms with Gasteiger partial charge in [-0.15, -0.1) is 0 Å². The van der Waals surface area contributed by atoms with Crippen molar-refractivity contribution in [2.24, 2.45) is 0 Å². The van der Waals surface area contributed by atoms with E-state index in [0.717, 1.165) is 18.6 Å². The maximum atomic E-state index is 11.8. The molecule has 0 bridgehead atoms. The monoisotopic (exact) mass is 262 g/mol. The third kappa shape index (κ3) is 16.3. The average molecular weight is 262 g/mol. The molecule has 0 saturated carbocycles. The highest BCUT2D eigenvalue weighted by molar-refractivity contribution is 7.80. The van der Waals surface area contributed by atoms with Gasteiger partial charge in [-0.25, -0.2) is 0 Å². The highest BCUT2D eigenvalue weighted by Crippen LogP contribution is 2.12. The molecule has 0 unspecified atom stereocenters. The Hall–Kier alpha value is 0.280. The standard InChI is InChI=1S/C15H31FS/c16-14-12-10-8-6-4-2-1-3-5-7-9-11-13-15-17/h17H,1-15H2. The lowest BCUT2D eigenvalue weighted by molar-refractivity contribution is 0.448. The highest BCUT2D eigenvalue weighted by atomic mass is 32.1. The van der Waals surface area contributed by atoms with Crippen LogP contribution < -0.4 is 0 Å². The quantitative estimate of drug-likeness (QED) is 0.290. The number of rotatable bonds is 14. The molecule has 0 heterocycles. The van der Waals surface area contributed by atoms with Crippen molar-refractivity contribution in [3.8, 4) is 0 Å². The second-order valence-corrected chi connectivity index (χ2v) is 5.46. The zero-order chi connectivity index (χ0) is 12.6. The first-order valence-corrected chi connectivity index (χ1v) is 8.22. The van der Waals surface area contributed by atoms with Gasteiger partial charge in [0.05, 0.1) is 6.67 Å². The normalized spacial score (nSPS) is 10.9. The molecule has 0 aliphatic carbocycles. The second-order valence-electron chi connectivity index (χ2n) is 5.01. The van der Waals surface area contributed by atoms with E-state index in [-0.39, 0.29) is 6.67 Å². The van der Waals surface area contributed by atoms with Gasteiger partial charge in [0, 0.05) is 0 Å². The van der Waals surface area contributed by atoms with Crippen LogP contribution >= 0.6 is 12.6 Å². The van der Waals surface area contributed by atoms with E-state index in [2.05, 4.69) is 12.6 Å². The summed E-state index contributed by atoms with van der Waals surface area (Å²) >= 11 is 4.21. The van der Waals surface area contributed by atoms with Crippen LogP contribution in [0.3, 0.4) is 0 Å². The number of halogens is 1. The molecule has 0 aromatic heterocycles. The third-order valence-electron chi connectivity index (χ3n) is 3.29. The highest BCUT2D eigenvalue weighted by Gasteiger charge is 1.93. The number of alkyl halides is 1. The van der Waals surface area contributed by atoms with E-state index in [1.54, 1.807) is 0 Å². The number of hydrogen-bond donors (Lipinski definition) is 1. The van der Waals surface area contributed by atoms with E-state index < -0.39 is 0 Å². The van der Waals surface area contributed by atoms with Crippen molar-refractivity contribution < 1.29 is 4.39 Å². The summed E-state index contributed by atoms with van der Waals surface area (Å²) in [6.07, 6.45) is 16.8. The van der Waals surface area contributed by atoms with Gasteiger partial charge in [0.1, 0.15) is 0 Å². The fourth-order valence-corrected chi connectivity index (χ4v) is 2.37. The van der Waals surface area contributed by atoms with Crippen molar-refractivity contribution in [3.63, 3.8) is 0 Å². The lowest BCUT2D eigenvalue weighted by Gasteiger charge is -2.02. The van der Waals surface area contributed by atoms with E-state index in [0.29, 0.717) is 0 Å². The zero-order valence-electron chi connectivity index (χ0n) is 11.4. The molecule has 0 aliphatic rings. The molecule has 0 rings (SSSR count). The molecule has 0 atom stereocenters. The Balaban J connectivity index is 2.85. The predicted molar refractivity (Wildman–Crippen MR) is 79.8 cm³/mol. The van der Waals surface area contributed by atoms with E-state index in [4.69, 9.17) is 0 Å². The molecule has 0 saturated heterocycles. The van der Waals surface area contributed by atoms with Crippen LogP contribution in [-0.2, 0) is 0 Å². The molecule has 0 aliphatic heterocycles. The fraction of sp³-hybridized carbons (Fsp3) is 1.00. The first-order chi connectivity index (χ1) is 8.41. The zero-order valence-corrected chi connectivity index (χ0v) is 12.3. The van der Waals surface area contributed by atoms with Crippen molar-refractivity contribution in [1.82, 2.24) is 0 Å². The first kappa shape index (κ1) is 17.3. The van der Waals surface area contributed by atoms with Crippen LogP contribution in [0.2, 0.25) is 0 Å². The van der Waals surface area contributed by atoms with Gasteiger partial charge in [0.25, 0.3) is 0 Å². The van der Waals surface area contributed by atoms with Gasteiger partial charge in [-0.3, -0.25) is 4.39 Å². The molecule has 0 spiro atoms. The van der Waals surface area contributed by atoms with E-state index in [9.17, 15) is 4.39 Å². The molecule has 0 nitrogen and oxygen atoms in total. The second kappa shape index (κ2) is 16.3. The van der Waals surface area contributed by atoms with Gasteiger partial charge in [-0.05, 0) is 18.6 Å². The van der Waals surface area contributed by atoms with Crippen molar-refractivity contribution in [2.45, 2.75) is 83.5 Å². The molecule has 0 amide bonds. The predicted octanol–water partition coefficient (Wildman–Crippen LogP) is 5.96. The summed E-state index contributed by atoms with van der Waals surface area (Å²) in [5.41, 5.74) is 0. The Kier molecular flexibility index (Phi) is 16.5. The minimum atomic E-state index is -0.132. The SMILES string of the molecule is FCCCCCCCCCCCCCCCS. The van der Waals surface area contributed by atoms with Crippen molar-refractivity contribution in [3.05, 3.63) is 0 Å². The summed E-state index contributed by atoms with van der Waals surface area (Å²) in [4.78, 5) is 0. The molecular weight excluding hydrogens is 231 g/mol. The first-order valence-electron chi connectivity index (χ1n) is 7.58. The van der Waals surface area contributed by atoms with Crippen LogP contribution in [0.5, 0.6) is 0 Å². The summed E-state index contributed by atoms with van der Waals surface area (Å²) in [7, 11) is 0. The minimum Gasteiger partial charge on any atom is -0.251 e. The Bertz CT molecular complexity index is 114. The summed E-state index contributed by atoms with van der Waals surface area (Å²) < 4.78 is 11.8. The Morgan fingerprint density at radius 2 is 0.765 bits per heavy atom. The number of unbranched alkanes of at least 4 members (excludes halogenated alkanes) is 12. The summed E-state index contributed by atoms with van der Waals surface area (Å²) in [6.45, 7) is -0.132. The van der Waals surface area contributed by atoms with Gasteiger partial charge in [0.2, 0.25) is 0 Å². The summed E-state index contributed by atoms with van der Waals surface area (Å²) in [5, 5.41) is 0. The molecule has 0 aromatic rings. The number of thiol groups is 1. The smallest absolute Gasteiger partial charge is 0.0894 e. The van der Waals surface area contributed by atoms with Gasteiger partial charge in [-0.2, -0.15) is 12.6 Å².